The maximum Gasteiger partial charge on any atom is 0.214 e. The van der Waals surface area contributed by atoms with Crippen molar-refractivity contribution in [2.24, 2.45) is 0 Å². The molecule has 0 amide bonds. The molecule has 5 heteroatoms. The topological polar surface area (TPSA) is 37.8 Å². The molecule has 0 fully saturated rings. The van der Waals surface area contributed by atoms with Crippen LogP contribution in [0.1, 0.15) is 10.6 Å². The molecule has 0 saturated carbocycles. The van der Waals surface area contributed by atoms with Gasteiger partial charge in [0.2, 0.25) is 5.95 Å². The average Bonchev–Trinajstić information content (AvgIpc) is 2.87. The zero-order valence-electron chi connectivity index (χ0n) is 10.6. The summed E-state index contributed by atoms with van der Waals surface area (Å²) in [7, 11) is 1.87. The number of hydrogen-bond acceptors (Lipinski definition) is 4. The predicted molar refractivity (Wildman–Crippen MR) is 79.3 cm³/mol. The van der Waals surface area contributed by atoms with E-state index in [0.717, 1.165) is 11.3 Å². The van der Waals surface area contributed by atoms with Gasteiger partial charge in [-0.2, -0.15) is 4.39 Å². The monoisotopic (exact) mass is 283 g/mol. The van der Waals surface area contributed by atoms with E-state index in [4.69, 9.17) is 0 Å². The molecule has 3 nitrogen and oxygen atoms in total. The van der Waals surface area contributed by atoms with Crippen molar-refractivity contribution in [3.63, 3.8) is 0 Å². The van der Waals surface area contributed by atoms with E-state index >= 15 is 0 Å². The lowest BCUT2D eigenvalue weighted by molar-refractivity contribution is 0.589. The van der Waals surface area contributed by atoms with Gasteiger partial charge in [0, 0.05) is 18.3 Å². The van der Waals surface area contributed by atoms with Gasteiger partial charge in [0.15, 0.2) is 5.01 Å². The van der Waals surface area contributed by atoms with E-state index in [1.165, 1.54) is 17.4 Å². The summed E-state index contributed by atoms with van der Waals surface area (Å²) in [5.41, 5.74) is 2.61. The zero-order valence-corrected chi connectivity index (χ0v) is 11.5. The highest BCUT2D eigenvalue weighted by molar-refractivity contribution is 7.18. The highest BCUT2D eigenvalue weighted by atomic mass is 32.1. The number of nitrogens with zero attached hydrogens (tertiary/aromatic N) is 2. The minimum absolute atomic E-state index is 0.497. The minimum Gasteiger partial charge on any atom is -0.388 e. The van der Waals surface area contributed by atoms with Gasteiger partial charge in [0.1, 0.15) is 10.3 Å². The molecule has 0 unspecified atom stereocenters. The number of benzene rings is 1. The fourth-order valence-electron chi connectivity index (χ4n) is 1.69. The van der Waals surface area contributed by atoms with Gasteiger partial charge in [-0.15, -0.1) is 0 Å². The third-order valence-corrected chi connectivity index (χ3v) is 3.59. The van der Waals surface area contributed by atoms with Gasteiger partial charge in [-0.05, 0) is 42.3 Å². The first-order chi connectivity index (χ1) is 9.74. The van der Waals surface area contributed by atoms with Crippen molar-refractivity contribution >= 4 is 27.4 Å². The Hall–Kier alpha value is -2.45. The summed E-state index contributed by atoms with van der Waals surface area (Å²) >= 11 is 1.29. The number of nitrogens with one attached hydrogen (secondary N) is 1. The van der Waals surface area contributed by atoms with E-state index in [0.29, 0.717) is 15.4 Å². The Labute approximate surface area is 119 Å². The summed E-state index contributed by atoms with van der Waals surface area (Å²) in [6.07, 6.45) is 0. The van der Waals surface area contributed by atoms with Crippen molar-refractivity contribution in [2.45, 2.75) is 0 Å². The van der Waals surface area contributed by atoms with E-state index in [-0.39, 0.29) is 0 Å². The third kappa shape index (κ3) is 2.60. The Morgan fingerprint density at radius 2 is 1.85 bits per heavy atom. The van der Waals surface area contributed by atoms with E-state index in [1.54, 1.807) is 6.07 Å². The van der Waals surface area contributed by atoms with Gasteiger partial charge in [0.25, 0.3) is 0 Å². The Morgan fingerprint density at radius 3 is 2.60 bits per heavy atom. The fourth-order valence-corrected chi connectivity index (χ4v) is 2.47. The average molecular weight is 283 g/mol. The van der Waals surface area contributed by atoms with Crippen LogP contribution >= 0.6 is 11.3 Å². The second-order valence-electron chi connectivity index (χ2n) is 4.05. The molecule has 0 saturated heterocycles. The maximum atomic E-state index is 13.0. The molecule has 0 spiro atoms. The van der Waals surface area contributed by atoms with Crippen molar-refractivity contribution in [1.82, 2.24) is 9.97 Å². The molecule has 0 aliphatic carbocycles. The van der Waals surface area contributed by atoms with Crippen LogP contribution in [-0.2, 0) is 0 Å². The second-order valence-corrected chi connectivity index (χ2v) is 5.03. The fraction of sp³-hybridized carbons (Fsp3) is 0.0667. The first kappa shape index (κ1) is 12.6. The summed E-state index contributed by atoms with van der Waals surface area (Å²) in [4.78, 5) is 8.66. The Bertz CT molecular complexity index is 812. The minimum atomic E-state index is -0.497. The number of anilines is 1. The summed E-state index contributed by atoms with van der Waals surface area (Å²) in [5.74, 6) is 5.52. The number of hydrogen-bond donors (Lipinski definition) is 1. The van der Waals surface area contributed by atoms with E-state index in [2.05, 4.69) is 27.1 Å². The van der Waals surface area contributed by atoms with E-state index < -0.39 is 5.95 Å². The predicted octanol–water partition coefficient (Wildman–Crippen LogP) is 3.27. The Morgan fingerprint density at radius 1 is 1.05 bits per heavy atom. The van der Waals surface area contributed by atoms with Gasteiger partial charge < -0.3 is 5.32 Å². The molecular formula is C15H10FN3S. The number of pyridine rings is 1. The van der Waals surface area contributed by atoms with Crippen LogP contribution in [0.25, 0.3) is 10.3 Å². The maximum absolute atomic E-state index is 13.0. The van der Waals surface area contributed by atoms with Crippen LogP contribution in [0, 0.1) is 17.8 Å². The lowest BCUT2D eigenvalue weighted by Gasteiger charge is -1.97. The van der Waals surface area contributed by atoms with Gasteiger partial charge >= 0.3 is 0 Å². The largest absolute Gasteiger partial charge is 0.388 e. The normalized spacial score (nSPS) is 10.1. The molecule has 3 rings (SSSR count). The van der Waals surface area contributed by atoms with Crippen molar-refractivity contribution in [3.8, 4) is 11.8 Å². The van der Waals surface area contributed by atoms with E-state index in [9.17, 15) is 4.39 Å². The van der Waals surface area contributed by atoms with Crippen LogP contribution in [0.4, 0.5) is 10.1 Å². The quantitative estimate of drug-likeness (QED) is 0.550. The van der Waals surface area contributed by atoms with Crippen LogP contribution in [0.3, 0.4) is 0 Å². The van der Waals surface area contributed by atoms with Gasteiger partial charge in [-0.1, -0.05) is 17.3 Å². The highest BCUT2D eigenvalue weighted by Gasteiger charge is 2.03. The molecule has 2 aromatic heterocycles. The Kier molecular flexibility index (Phi) is 3.32. The molecule has 0 atom stereocenters. The molecule has 1 N–H and O–H groups in total. The van der Waals surface area contributed by atoms with Crippen LogP contribution in [-0.4, -0.2) is 17.0 Å². The highest BCUT2D eigenvalue weighted by Crippen LogP contribution is 2.19. The van der Waals surface area contributed by atoms with Gasteiger partial charge in [0.05, 0.1) is 0 Å². The first-order valence-corrected chi connectivity index (χ1v) is 6.79. The standard InChI is InChI=1S/C15H10FN3S/c1-17-11-5-2-10(3-6-11)4-9-14-18-12-7-8-13(16)19-15(12)20-14/h2-3,5-8,17H,1H3. The summed E-state index contributed by atoms with van der Waals surface area (Å²) < 4.78 is 13.0. The number of fused-ring (bicyclic) bond motifs is 1. The number of aromatic nitrogens is 2. The zero-order chi connectivity index (χ0) is 13.9. The number of rotatable bonds is 1. The molecule has 1 aromatic carbocycles. The van der Waals surface area contributed by atoms with Crippen LogP contribution < -0.4 is 5.32 Å². The first-order valence-electron chi connectivity index (χ1n) is 5.97. The molecule has 98 valence electrons. The molecule has 0 aliphatic rings. The van der Waals surface area contributed by atoms with Crippen LogP contribution in [0.5, 0.6) is 0 Å². The SMILES string of the molecule is CNc1ccc(C#Cc2nc3ccc(F)nc3s2)cc1. The molecule has 2 heterocycles. The summed E-state index contributed by atoms with van der Waals surface area (Å²) in [6.45, 7) is 0. The number of halogens is 1. The summed E-state index contributed by atoms with van der Waals surface area (Å²) in [6, 6.07) is 10.7. The molecule has 20 heavy (non-hydrogen) atoms. The molecular weight excluding hydrogens is 273 g/mol. The van der Waals surface area contributed by atoms with E-state index in [1.807, 2.05) is 31.3 Å². The molecule has 3 aromatic rings. The molecule has 0 radical (unpaired) electrons. The lowest BCUT2D eigenvalue weighted by Crippen LogP contribution is -1.86. The lowest BCUT2D eigenvalue weighted by atomic mass is 10.2. The third-order valence-electron chi connectivity index (χ3n) is 2.71. The smallest absolute Gasteiger partial charge is 0.214 e. The van der Waals surface area contributed by atoms with Crippen molar-refractivity contribution in [3.05, 3.63) is 52.9 Å². The van der Waals surface area contributed by atoms with Crippen LogP contribution in [0.15, 0.2) is 36.4 Å². The molecule has 0 aliphatic heterocycles. The van der Waals surface area contributed by atoms with Crippen molar-refractivity contribution < 1.29 is 4.39 Å². The number of thiazole rings is 1. The van der Waals surface area contributed by atoms with Crippen LogP contribution in [0.2, 0.25) is 0 Å². The van der Waals surface area contributed by atoms with Gasteiger partial charge in [-0.3, -0.25) is 0 Å². The second kappa shape index (κ2) is 5.27. The van der Waals surface area contributed by atoms with Crippen molar-refractivity contribution in [1.29, 1.82) is 0 Å². The summed E-state index contributed by atoms with van der Waals surface area (Å²) in [5, 5.41) is 3.68. The van der Waals surface area contributed by atoms with Crippen molar-refractivity contribution in [2.75, 3.05) is 12.4 Å². The molecule has 0 bridgehead atoms. The van der Waals surface area contributed by atoms with Gasteiger partial charge in [-0.25, -0.2) is 9.97 Å². The Balaban J connectivity index is 1.90.